The molecule has 0 spiro atoms. The fourth-order valence-corrected chi connectivity index (χ4v) is 6.30. The molecule has 4 heterocycles. The average molecular weight is 499 g/mol. The molecule has 0 aliphatic carbocycles. The molecule has 4 aromatic rings. The van der Waals surface area contributed by atoms with Crippen LogP contribution in [-0.2, 0) is 6.54 Å². The third-order valence-corrected chi connectivity index (χ3v) is 8.48. The second kappa shape index (κ2) is 9.59. The Hall–Kier alpha value is -2.56. The minimum atomic E-state index is -0.284. The van der Waals surface area contributed by atoms with Gasteiger partial charge in [-0.05, 0) is 76.5 Å². The van der Waals surface area contributed by atoms with Gasteiger partial charge in [-0.25, -0.2) is 9.37 Å². The maximum absolute atomic E-state index is 13.6. The molecule has 3 aromatic heterocycles. The lowest BCUT2D eigenvalue weighted by Gasteiger charge is -2.26. The Bertz CT molecular complexity index is 1370. The lowest BCUT2D eigenvalue weighted by Crippen LogP contribution is -2.30. The number of nitrogens with one attached hydrogen (secondary N) is 1. The Morgan fingerprint density at radius 3 is 2.62 bits per heavy atom. The zero-order chi connectivity index (χ0) is 23.8. The van der Waals surface area contributed by atoms with Crippen molar-refractivity contribution in [1.82, 2.24) is 29.6 Å². The van der Waals surface area contributed by atoms with Crippen LogP contribution in [0.1, 0.15) is 53.5 Å². The van der Waals surface area contributed by atoms with Crippen molar-refractivity contribution in [1.29, 1.82) is 0 Å². The first kappa shape index (κ1) is 23.2. The summed E-state index contributed by atoms with van der Waals surface area (Å²) in [7, 11) is 0. The Balaban J connectivity index is 1.48. The molecule has 7 nitrogen and oxygen atoms in total. The molecule has 0 amide bonds. The quantitative estimate of drug-likeness (QED) is 0.370. The molecule has 1 saturated heterocycles. The van der Waals surface area contributed by atoms with E-state index in [0.29, 0.717) is 22.9 Å². The van der Waals surface area contributed by atoms with E-state index in [1.54, 1.807) is 23.5 Å². The van der Waals surface area contributed by atoms with Gasteiger partial charge in [0.15, 0.2) is 11.0 Å². The zero-order valence-electron chi connectivity index (χ0n) is 19.5. The van der Waals surface area contributed by atoms with E-state index in [1.807, 2.05) is 25.3 Å². The molecule has 1 aliphatic rings. The fraction of sp³-hybridized carbons (Fsp3) is 0.417. The highest BCUT2D eigenvalue weighted by atomic mass is 32.2. The summed E-state index contributed by atoms with van der Waals surface area (Å²) in [6.45, 7) is 8.73. The number of fused-ring (bicyclic) bond motifs is 1. The zero-order valence-corrected chi connectivity index (χ0v) is 21.1. The maximum atomic E-state index is 13.6. The van der Waals surface area contributed by atoms with E-state index in [1.165, 1.54) is 43.2 Å². The van der Waals surface area contributed by atoms with Gasteiger partial charge in [-0.1, -0.05) is 18.2 Å². The largest absolute Gasteiger partial charge is 0.309 e. The SMILES string of the molecule is Cc1sc2nc(C(C)Sc3nnc(CN4CCCCC4)n3-c3ccc(F)cc3)[nH]c(=O)c2c1C. The number of thiophene rings is 1. The smallest absolute Gasteiger partial charge is 0.259 e. The highest BCUT2D eigenvalue weighted by Gasteiger charge is 2.22. The van der Waals surface area contributed by atoms with E-state index in [0.717, 1.165) is 39.9 Å². The molecule has 1 N–H and O–H groups in total. The van der Waals surface area contributed by atoms with Crippen molar-refractivity contribution in [2.75, 3.05) is 13.1 Å². The van der Waals surface area contributed by atoms with Crippen molar-refractivity contribution in [3.05, 3.63) is 62.5 Å². The van der Waals surface area contributed by atoms with E-state index < -0.39 is 0 Å². The van der Waals surface area contributed by atoms with Crippen LogP contribution in [-0.4, -0.2) is 42.7 Å². The standard InChI is InChI=1S/C24H27FN6OS2/c1-14-15(2)33-23-20(14)22(32)26-21(27-23)16(3)34-24-29-28-19(13-30-11-5-4-6-12-30)31(24)18-9-7-17(25)8-10-18/h7-10,16H,4-6,11-13H2,1-3H3,(H,26,27,32). The molecule has 1 aliphatic heterocycles. The molecule has 0 radical (unpaired) electrons. The summed E-state index contributed by atoms with van der Waals surface area (Å²) in [6.07, 6.45) is 3.64. The summed E-state index contributed by atoms with van der Waals surface area (Å²) in [5.41, 5.74) is 1.69. The number of halogens is 1. The van der Waals surface area contributed by atoms with Crippen molar-refractivity contribution < 1.29 is 4.39 Å². The number of rotatable bonds is 6. The van der Waals surface area contributed by atoms with Crippen molar-refractivity contribution in [2.45, 2.75) is 57.0 Å². The Labute approximate surface area is 205 Å². The molecule has 5 rings (SSSR count). The van der Waals surface area contributed by atoms with E-state index >= 15 is 0 Å². The van der Waals surface area contributed by atoms with E-state index in [2.05, 4.69) is 20.1 Å². The normalized spacial score (nSPS) is 15.8. The Morgan fingerprint density at radius 2 is 1.88 bits per heavy atom. The molecule has 10 heteroatoms. The second-order valence-corrected chi connectivity index (χ2v) is 11.2. The van der Waals surface area contributed by atoms with Crippen LogP contribution < -0.4 is 5.56 Å². The third kappa shape index (κ3) is 4.54. The van der Waals surface area contributed by atoms with E-state index in [9.17, 15) is 9.18 Å². The van der Waals surface area contributed by atoms with Gasteiger partial charge < -0.3 is 4.98 Å². The number of aromatic nitrogens is 5. The topological polar surface area (TPSA) is 79.7 Å². The summed E-state index contributed by atoms with van der Waals surface area (Å²) in [5, 5.41) is 10.2. The van der Waals surface area contributed by atoms with Gasteiger partial charge in [-0.15, -0.1) is 21.5 Å². The molecule has 34 heavy (non-hydrogen) atoms. The summed E-state index contributed by atoms with van der Waals surface area (Å²) < 4.78 is 15.6. The lowest BCUT2D eigenvalue weighted by atomic mass is 10.1. The average Bonchev–Trinajstić information content (AvgIpc) is 3.34. The predicted octanol–water partition coefficient (Wildman–Crippen LogP) is 5.16. The number of hydrogen-bond acceptors (Lipinski definition) is 7. The van der Waals surface area contributed by atoms with Crippen LogP contribution in [0.5, 0.6) is 0 Å². The third-order valence-electron chi connectivity index (χ3n) is 6.32. The number of hydrogen-bond donors (Lipinski definition) is 1. The fourth-order valence-electron chi connectivity index (χ4n) is 4.32. The molecule has 0 bridgehead atoms. The summed E-state index contributed by atoms with van der Waals surface area (Å²) in [6, 6.07) is 6.39. The molecule has 1 aromatic carbocycles. The van der Waals surface area contributed by atoms with E-state index in [4.69, 9.17) is 4.98 Å². The maximum Gasteiger partial charge on any atom is 0.259 e. The van der Waals surface area contributed by atoms with Gasteiger partial charge in [0.2, 0.25) is 0 Å². The van der Waals surface area contributed by atoms with Crippen LogP contribution in [0.2, 0.25) is 0 Å². The molecule has 1 fully saturated rings. The molecular formula is C24H27FN6OS2. The minimum absolute atomic E-state index is 0.111. The van der Waals surface area contributed by atoms with Gasteiger partial charge in [-0.2, -0.15) is 0 Å². The molecular weight excluding hydrogens is 471 g/mol. The lowest BCUT2D eigenvalue weighted by molar-refractivity contribution is 0.214. The number of piperidine rings is 1. The van der Waals surface area contributed by atoms with Crippen LogP contribution >= 0.6 is 23.1 Å². The van der Waals surface area contributed by atoms with Gasteiger partial charge in [-0.3, -0.25) is 14.3 Å². The second-order valence-electron chi connectivity index (χ2n) is 8.72. The van der Waals surface area contributed by atoms with Gasteiger partial charge in [0.1, 0.15) is 16.5 Å². The number of aromatic amines is 1. The molecule has 1 unspecified atom stereocenters. The monoisotopic (exact) mass is 498 g/mol. The van der Waals surface area contributed by atoms with Gasteiger partial charge >= 0.3 is 0 Å². The molecule has 1 atom stereocenters. The van der Waals surface area contributed by atoms with Gasteiger partial charge in [0.25, 0.3) is 5.56 Å². The minimum Gasteiger partial charge on any atom is -0.309 e. The van der Waals surface area contributed by atoms with E-state index in [-0.39, 0.29) is 16.6 Å². The number of thioether (sulfide) groups is 1. The summed E-state index contributed by atoms with van der Waals surface area (Å²) in [5.74, 6) is 1.15. The number of aryl methyl sites for hydroxylation is 2. The van der Waals surface area contributed by atoms with Gasteiger partial charge in [0.05, 0.1) is 17.2 Å². The first-order chi connectivity index (χ1) is 16.4. The van der Waals surface area contributed by atoms with Crippen LogP contribution in [0.4, 0.5) is 4.39 Å². The number of benzene rings is 1. The highest BCUT2D eigenvalue weighted by Crippen LogP contribution is 2.35. The number of H-pyrrole nitrogens is 1. The van der Waals surface area contributed by atoms with Crippen molar-refractivity contribution in [3.63, 3.8) is 0 Å². The van der Waals surface area contributed by atoms with Crippen LogP contribution in [0, 0.1) is 19.7 Å². The first-order valence-electron chi connectivity index (χ1n) is 11.5. The summed E-state index contributed by atoms with van der Waals surface area (Å²) >= 11 is 3.02. The Kier molecular flexibility index (Phi) is 6.54. The van der Waals surface area contributed by atoms with Crippen molar-refractivity contribution in [2.24, 2.45) is 0 Å². The van der Waals surface area contributed by atoms with Crippen molar-refractivity contribution in [3.8, 4) is 5.69 Å². The molecule has 0 saturated carbocycles. The van der Waals surface area contributed by atoms with Crippen molar-refractivity contribution >= 4 is 33.3 Å². The van der Waals surface area contributed by atoms with Crippen LogP contribution in [0.15, 0.2) is 34.2 Å². The van der Waals surface area contributed by atoms with Crippen LogP contribution in [0.3, 0.4) is 0 Å². The van der Waals surface area contributed by atoms with Gasteiger partial charge in [0, 0.05) is 10.6 Å². The number of nitrogens with zero attached hydrogens (tertiary/aromatic N) is 5. The molecule has 178 valence electrons. The van der Waals surface area contributed by atoms with Crippen LogP contribution in [0.25, 0.3) is 15.9 Å². The predicted molar refractivity (Wildman–Crippen MR) is 134 cm³/mol. The first-order valence-corrected chi connectivity index (χ1v) is 13.2. The summed E-state index contributed by atoms with van der Waals surface area (Å²) in [4.78, 5) is 24.7. The number of likely N-dealkylation sites (tertiary alicyclic amines) is 1. The Morgan fingerprint density at radius 1 is 1.15 bits per heavy atom. The highest BCUT2D eigenvalue weighted by molar-refractivity contribution is 7.99.